The Morgan fingerprint density at radius 1 is 1.05 bits per heavy atom. The molecule has 0 radical (unpaired) electrons. The van der Waals surface area contributed by atoms with Gasteiger partial charge in [0.1, 0.15) is 0 Å². The number of nitrogens with two attached hydrogens (primary N) is 1. The molecule has 0 saturated carbocycles. The van der Waals surface area contributed by atoms with Gasteiger partial charge in [-0.15, -0.1) is 0 Å². The van der Waals surface area contributed by atoms with Crippen LogP contribution in [0.1, 0.15) is 42.5 Å². The van der Waals surface area contributed by atoms with Crippen molar-refractivity contribution >= 4 is 31.9 Å². The zero-order valence-electron chi connectivity index (χ0n) is 11.6. The summed E-state index contributed by atoms with van der Waals surface area (Å²) >= 11 is 7.05. The highest BCUT2D eigenvalue weighted by Gasteiger charge is 2.12. The van der Waals surface area contributed by atoms with E-state index in [1.165, 1.54) is 18.4 Å². The quantitative estimate of drug-likeness (QED) is 0.698. The predicted octanol–water partition coefficient (Wildman–Crippen LogP) is 5.60. The molecule has 0 aliphatic rings. The first-order valence-electron chi connectivity index (χ1n) is 6.91. The van der Waals surface area contributed by atoms with E-state index >= 15 is 0 Å². The van der Waals surface area contributed by atoms with Crippen molar-refractivity contribution in [2.45, 2.75) is 32.2 Å². The molecule has 20 heavy (non-hydrogen) atoms. The third-order valence-corrected chi connectivity index (χ3v) is 4.64. The Kier molecular flexibility index (Phi) is 5.82. The normalized spacial score (nSPS) is 12.4. The average molecular weight is 397 g/mol. The minimum atomic E-state index is -0.0994. The summed E-state index contributed by atoms with van der Waals surface area (Å²) in [5, 5.41) is 0. The van der Waals surface area contributed by atoms with Crippen LogP contribution in [0.25, 0.3) is 0 Å². The monoisotopic (exact) mass is 395 g/mol. The van der Waals surface area contributed by atoms with E-state index in [9.17, 15) is 0 Å². The second kappa shape index (κ2) is 7.39. The third-order valence-electron chi connectivity index (χ3n) is 3.46. The van der Waals surface area contributed by atoms with E-state index in [1.54, 1.807) is 0 Å². The molecule has 0 spiro atoms. The van der Waals surface area contributed by atoms with Gasteiger partial charge in [0, 0.05) is 8.95 Å². The summed E-state index contributed by atoms with van der Waals surface area (Å²) in [5.74, 6) is 0. The Morgan fingerprint density at radius 2 is 1.75 bits per heavy atom. The standard InChI is InChI=1S/C17H19Br2N/c1-2-3-4-12-5-7-13(8-6-12)17(20)15-10-9-14(18)11-16(15)19/h5-11,17H,2-4,20H2,1H3. The fraction of sp³-hybridized carbons (Fsp3) is 0.294. The molecule has 1 atom stereocenters. The maximum absolute atomic E-state index is 6.37. The van der Waals surface area contributed by atoms with Crippen LogP contribution in [0.5, 0.6) is 0 Å². The van der Waals surface area contributed by atoms with Gasteiger partial charge in [-0.05, 0) is 41.7 Å². The van der Waals surface area contributed by atoms with Crippen LogP contribution in [-0.4, -0.2) is 0 Å². The van der Waals surface area contributed by atoms with Crippen molar-refractivity contribution < 1.29 is 0 Å². The fourth-order valence-electron chi connectivity index (χ4n) is 2.21. The van der Waals surface area contributed by atoms with E-state index in [0.29, 0.717) is 0 Å². The van der Waals surface area contributed by atoms with Crippen molar-refractivity contribution in [1.82, 2.24) is 0 Å². The van der Waals surface area contributed by atoms with Crippen LogP contribution in [0, 0.1) is 0 Å². The largest absolute Gasteiger partial charge is 0.320 e. The van der Waals surface area contributed by atoms with E-state index in [-0.39, 0.29) is 6.04 Å². The molecule has 0 amide bonds. The van der Waals surface area contributed by atoms with Gasteiger partial charge in [-0.3, -0.25) is 0 Å². The van der Waals surface area contributed by atoms with Gasteiger partial charge in [0.15, 0.2) is 0 Å². The van der Waals surface area contributed by atoms with Crippen molar-refractivity contribution in [2.24, 2.45) is 5.73 Å². The van der Waals surface area contributed by atoms with Gasteiger partial charge in [0.25, 0.3) is 0 Å². The Hall–Kier alpha value is -0.640. The van der Waals surface area contributed by atoms with Gasteiger partial charge < -0.3 is 5.73 Å². The van der Waals surface area contributed by atoms with Crippen molar-refractivity contribution in [2.75, 3.05) is 0 Å². The summed E-state index contributed by atoms with van der Waals surface area (Å²) < 4.78 is 2.09. The molecule has 2 rings (SSSR count). The first kappa shape index (κ1) is 15.7. The second-order valence-electron chi connectivity index (χ2n) is 4.99. The first-order valence-corrected chi connectivity index (χ1v) is 8.49. The fourth-order valence-corrected chi connectivity index (χ4v) is 3.50. The number of halogens is 2. The topological polar surface area (TPSA) is 26.0 Å². The van der Waals surface area contributed by atoms with Crippen molar-refractivity contribution in [3.05, 3.63) is 68.1 Å². The van der Waals surface area contributed by atoms with E-state index in [2.05, 4.69) is 69.1 Å². The highest BCUT2D eigenvalue weighted by Crippen LogP contribution is 2.29. The molecule has 0 saturated heterocycles. The number of benzene rings is 2. The summed E-state index contributed by atoms with van der Waals surface area (Å²) in [4.78, 5) is 0. The molecule has 0 bridgehead atoms. The minimum absolute atomic E-state index is 0.0994. The lowest BCUT2D eigenvalue weighted by atomic mass is 9.97. The lowest BCUT2D eigenvalue weighted by molar-refractivity contribution is 0.793. The van der Waals surface area contributed by atoms with Gasteiger partial charge in [-0.2, -0.15) is 0 Å². The van der Waals surface area contributed by atoms with Gasteiger partial charge in [0.2, 0.25) is 0 Å². The van der Waals surface area contributed by atoms with E-state index in [0.717, 1.165) is 26.5 Å². The minimum Gasteiger partial charge on any atom is -0.320 e. The number of hydrogen-bond donors (Lipinski definition) is 1. The van der Waals surface area contributed by atoms with Crippen LogP contribution < -0.4 is 5.73 Å². The first-order chi connectivity index (χ1) is 9.61. The van der Waals surface area contributed by atoms with Crippen LogP contribution in [0.3, 0.4) is 0 Å². The van der Waals surface area contributed by atoms with Crippen molar-refractivity contribution in [3.8, 4) is 0 Å². The lowest BCUT2D eigenvalue weighted by Gasteiger charge is -2.15. The maximum atomic E-state index is 6.37. The molecule has 2 aromatic rings. The van der Waals surface area contributed by atoms with Crippen LogP contribution in [0.2, 0.25) is 0 Å². The van der Waals surface area contributed by atoms with Gasteiger partial charge >= 0.3 is 0 Å². The highest BCUT2D eigenvalue weighted by atomic mass is 79.9. The Morgan fingerprint density at radius 3 is 2.35 bits per heavy atom. The number of aryl methyl sites for hydroxylation is 1. The Bertz CT molecular complexity index is 564. The average Bonchev–Trinajstić information content (AvgIpc) is 2.45. The Labute approximate surface area is 137 Å². The van der Waals surface area contributed by atoms with E-state index < -0.39 is 0 Å². The van der Waals surface area contributed by atoms with E-state index in [1.807, 2.05) is 12.1 Å². The molecule has 1 nitrogen and oxygen atoms in total. The van der Waals surface area contributed by atoms with Crippen LogP contribution in [0.15, 0.2) is 51.4 Å². The molecular formula is C17H19Br2N. The zero-order valence-corrected chi connectivity index (χ0v) is 14.7. The summed E-state index contributed by atoms with van der Waals surface area (Å²) in [5.41, 5.74) is 10.0. The molecular weight excluding hydrogens is 378 g/mol. The van der Waals surface area contributed by atoms with Crippen LogP contribution in [-0.2, 0) is 6.42 Å². The molecule has 106 valence electrons. The summed E-state index contributed by atoms with van der Waals surface area (Å²) in [6, 6.07) is 14.7. The number of unbranched alkanes of at least 4 members (excludes halogenated alkanes) is 1. The van der Waals surface area contributed by atoms with Crippen molar-refractivity contribution in [3.63, 3.8) is 0 Å². The van der Waals surface area contributed by atoms with Gasteiger partial charge in [-0.1, -0.05) is 75.5 Å². The van der Waals surface area contributed by atoms with Crippen LogP contribution >= 0.6 is 31.9 Å². The molecule has 0 aromatic heterocycles. The molecule has 0 aliphatic carbocycles. The number of hydrogen-bond acceptors (Lipinski definition) is 1. The maximum Gasteiger partial charge on any atom is 0.0562 e. The SMILES string of the molecule is CCCCc1ccc(C(N)c2ccc(Br)cc2Br)cc1. The zero-order chi connectivity index (χ0) is 14.5. The van der Waals surface area contributed by atoms with Gasteiger partial charge in [-0.25, -0.2) is 0 Å². The third kappa shape index (κ3) is 3.94. The summed E-state index contributed by atoms with van der Waals surface area (Å²) in [6.07, 6.45) is 3.62. The highest BCUT2D eigenvalue weighted by molar-refractivity contribution is 9.11. The molecule has 2 aromatic carbocycles. The van der Waals surface area contributed by atoms with Crippen molar-refractivity contribution in [1.29, 1.82) is 0 Å². The smallest absolute Gasteiger partial charge is 0.0562 e. The molecule has 1 unspecified atom stereocenters. The van der Waals surface area contributed by atoms with Gasteiger partial charge in [0.05, 0.1) is 6.04 Å². The molecule has 0 aliphatic heterocycles. The summed E-state index contributed by atoms with van der Waals surface area (Å²) in [6.45, 7) is 2.22. The summed E-state index contributed by atoms with van der Waals surface area (Å²) in [7, 11) is 0. The molecule has 3 heteroatoms. The lowest BCUT2D eigenvalue weighted by Crippen LogP contribution is -2.12. The predicted molar refractivity (Wildman–Crippen MR) is 92.9 cm³/mol. The second-order valence-corrected chi connectivity index (χ2v) is 6.76. The molecule has 2 N–H and O–H groups in total. The molecule has 0 heterocycles. The van der Waals surface area contributed by atoms with Crippen LogP contribution in [0.4, 0.5) is 0 Å². The molecule has 0 fully saturated rings. The Balaban J connectivity index is 2.18. The van der Waals surface area contributed by atoms with E-state index in [4.69, 9.17) is 5.73 Å². The number of rotatable bonds is 5.